The average molecular weight is 168 g/mol. The van der Waals surface area contributed by atoms with Gasteiger partial charge in [-0.2, -0.15) is 10.4 Å². The molecule has 2 rings (SSSR count). The largest absolute Gasteiger partial charge is 0.267 e. The second kappa shape index (κ2) is 2.24. The minimum absolute atomic E-state index is 0.349. The van der Waals surface area contributed by atoms with E-state index in [2.05, 4.69) is 11.2 Å². The van der Waals surface area contributed by atoms with Crippen LogP contribution >= 0.6 is 11.6 Å². The van der Waals surface area contributed by atoms with Crippen LogP contribution in [0.5, 0.6) is 0 Å². The molecule has 1 aromatic rings. The molecule has 0 saturated carbocycles. The van der Waals surface area contributed by atoms with Gasteiger partial charge in [-0.25, -0.2) is 0 Å². The Morgan fingerprint density at radius 3 is 3.18 bits per heavy atom. The Kier molecular flexibility index (Phi) is 1.36. The normalized spacial score (nSPS) is 14.5. The average Bonchev–Trinajstić information content (AvgIpc) is 2.46. The summed E-state index contributed by atoms with van der Waals surface area (Å²) in [4.78, 5) is 0. The summed E-state index contributed by atoms with van der Waals surface area (Å²) in [6, 6.07) is 2.06. The molecule has 0 fully saturated rings. The molecule has 1 aliphatic heterocycles. The Morgan fingerprint density at radius 2 is 2.45 bits per heavy atom. The van der Waals surface area contributed by atoms with Crippen molar-refractivity contribution in [3.8, 4) is 6.07 Å². The SMILES string of the molecule is N#Cc1c(Cl)nn2c1CCC2. The summed E-state index contributed by atoms with van der Waals surface area (Å²) in [5.41, 5.74) is 1.56. The van der Waals surface area contributed by atoms with E-state index in [-0.39, 0.29) is 0 Å². The number of halogens is 1. The standard InChI is InChI=1S/C7H6ClN3/c8-7-5(4-9)6-2-1-3-11(6)10-7/h1-3H2. The molecule has 1 aromatic heterocycles. The maximum Gasteiger partial charge on any atom is 0.169 e. The summed E-state index contributed by atoms with van der Waals surface area (Å²) < 4.78 is 1.82. The number of hydrogen-bond donors (Lipinski definition) is 0. The highest BCUT2D eigenvalue weighted by molar-refractivity contribution is 6.30. The van der Waals surface area contributed by atoms with Gasteiger partial charge in [-0.15, -0.1) is 0 Å². The number of nitrogens with zero attached hydrogens (tertiary/aromatic N) is 3. The van der Waals surface area contributed by atoms with Gasteiger partial charge in [0.25, 0.3) is 0 Å². The molecular formula is C7H6ClN3. The Balaban J connectivity index is 2.63. The van der Waals surface area contributed by atoms with Crippen molar-refractivity contribution in [1.82, 2.24) is 9.78 Å². The van der Waals surface area contributed by atoms with Crippen molar-refractivity contribution in [2.45, 2.75) is 19.4 Å². The van der Waals surface area contributed by atoms with Crippen LogP contribution in [0.1, 0.15) is 17.7 Å². The lowest BCUT2D eigenvalue weighted by atomic mass is 10.2. The van der Waals surface area contributed by atoms with Crippen LogP contribution in [0.15, 0.2) is 0 Å². The lowest BCUT2D eigenvalue weighted by Gasteiger charge is -1.88. The quantitative estimate of drug-likeness (QED) is 0.586. The molecule has 3 nitrogen and oxygen atoms in total. The van der Waals surface area contributed by atoms with Gasteiger partial charge in [0.1, 0.15) is 11.6 Å². The summed E-state index contributed by atoms with van der Waals surface area (Å²) in [5, 5.41) is 13.1. The van der Waals surface area contributed by atoms with E-state index < -0.39 is 0 Å². The Labute approximate surface area is 69.2 Å². The first-order valence-corrected chi connectivity index (χ1v) is 3.86. The summed E-state index contributed by atoms with van der Waals surface area (Å²) in [7, 11) is 0. The summed E-state index contributed by atoms with van der Waals surface area (Å²) in [6.07, 6.45) is 2.01. The maximum atomic E-state index is 8.68. The van der Waals surface area contributed by atoms with Crippen LogP contribution in [-0.2, 0) is 13.0 Å². The van der Waals surface area contributed by atoms with Crippen molar-refractivity contribution in [1.29, 1.82) is 5.26 Å². The molecule has 56 valence electrons. The molecule has 0 bridgehead atoms. The van der Waals surface area contributed by atoms with E-state index in [4.69, 9.17) is 16.9 Å². The zero-order chi connectivity index (χ0) is 7.84. The van der Waals surface area contributed by atoms with Crippen LogP contribution < -0.4 is 0 Å². The van der Waals surface area contributed by atoms with E-state index in [0.29, 0.717) is 10.7 Å². The molecule has 11 heavy (non-hydrogen) atoms. The van der Waals surface area contributed by atoms with Crippen molar-refractivity contribution in [2.75, 3.05) is 0 Å². The van der Waals surface area contributed by atoms with Gasteiger partial charge in [0, 0.05) is 6.54 Å². The second-order valence-electron chi connectivity index (χ2n) is 2.55. The fourth-order valence-corrected chi connectivity index (χ4v) is 1.65. The first kappa shape index (κ1) is 6.68. The zero-order valence-corrected chi connectivity index (χ0v) is 6.60. The number of rotatable bonds is 0. The van der Waals surface area contributed by atoms with E-state index in [0.717, 1.165) is 25.1 Å². The van der Waals surface area contributed by atoms with Gasteiger partial charge in [0.05, 0.1) is 5.69 Å². The van der Waals surface area contributed by atoms with Gasteiger partial charge in [0.2, 0.25) is 0 Å². The van der Waals surface area contributed by atoms with Crippen LogP contribution in [0.2, 0.25) is 5.15 Å². The number of fused-ring (bicyclic) bond motifs is 1. The van der Waals surface area contributed by atoms with Gasteiger partial charge in [-0.05, 0) is 12.8 Å². The van der Waals surface area contributed by atoms with Crippen LogP contribution in [0.3, 0.4) is 0 Å². The van der Waals surface area contributed by atoms with Crippen LogP contribution in [0, 0.1) is 11.3 Å². The molecule has 0 amide bonds. The minimum Gasteiger partial charge on any atom is -0.267 e. The van der Waals surface area contributed by atoms with Crippen LogP contribution in [0.25, 0.3) is 0 Å². The molecule has 0 radical (unpaired) electrons. The number of aryl methyl sites for hydroxylation is 1. The van der Waals surface area contributed by atoms with Gasteiger partial charge in [-0.1, -0.05) is 11.6 Å². The van der Waals surface area contributed by atoms with Gasteiger partial charge < -0.3 is 0 Å². The molecule has 0 saturated heterocycles. The lowest BCUT2D eigenvalue weighted by Crippen LogP contribution is -1.93. The predicted molar refractivity (Wildman–Crippen MR) is 40.3 cm³/mol. The number of aromatic nitrogens is 2. The van der Waals surface area contributed by atoms with E-state index in [1.165, 1.54) is 0 Å². The van der Waals surface area contributed by atoms with Gasteiger partial charge in [-0.3, -0.25) is 4.68 Å². The smallest absolute Gasteiger partial charge is 0.169 e. The predicted octanol–water partition coefficient (Wildman–Crippen LogP) is 1.35. The first-order valence-electron chi connectivity index (χ1n) is 3.48. The fraction of sp³-hybridized carbons (Fsp3) is 0.429. The molecule has 0 spiro atoms. The molecule has 0 unspecified atom stereocenters. The van der Waals surface area contributed by atoms with Crippen molar-refractivity contribution >= 4 is 11.6 Å². The third-order valence-electron chi connectivity index (χ3n) is 1.91. The number of hydrogen-bond acceptors (Lipinski definition) is 2. The first-order chi connectivity index (χ1) is 5.33. The summed E-state index contributed by atoms with van der Waals surface area (Å²) >= 11 is 5.71. The van der Waals surface area contributed by atoms with E-state index in [9.17, 15) is 0 Å². The van der Waals surface area contributed by atoms with E-state index >= 15 is 0 Å². The maximum absolute atomic E-state index is 8.68. The van der Waals surface area contributed by atoms with E-state index in [1.54, 1.807) is 0 Å². The van der Waals surface area contributed by atoms with Crippen LogP contribution in [-0.4, -0.2) is 9.78 Å². The third-order valence-corrected chi connectivity index (χ3v) is 2.17. The molecule has 2 heterocycles. The lowest BCUT2D eigenvalue weighted by molar-refractivity contribution is 0.657. The molecular weight excluding hydrogens is 162 g/mol. The van der Waals surface area contributed by atoms with Crippen molar-refractivity contribution < 1.29 is 0 Å². The molecule has 0 aromatic carbocycles. The van der Waals surface area contributed by atoms with Gasteiger partial charge in [0.15, 0.2) is 5.15 Å². The molecule has 1 aliphatic rings. The Hall–Kier alpha value is -1.01. The van der Waals surface area contributed by atoms with Crippen molar-refractivity contribution in [3.63, 3.8) is 0 Å². The highest BCUT2D eigenvalue weighted by Gasteiger charge is 2.19. The Bertz CT molecular complexity index is 334. The Morgan fingerprint density at radius 1 is 1.64 bits per heavy atom. The molecule has 0 aliphatic carbocycles. The molecule has 4 heteroatoms. The monoisotopic (exact) mass is 167 g/mol. The van der Waals surface area contributed by atoms with Gasteiger partial charge >= 0.3 is 0 Å². The molecule has 0 atom stereocenters. The van der Waals surface area contributed by atoms with Crippen LogP contribution in [0.4, 0.5) is 0 Å². The van der Waals surface area contributed by atoms with E-state index in [1.807, 2.05) is 4.68 Å². The minimum atomic E-state index is 0.349. The van der Waals surface area contributed by atoms with Crippen molar-refractivity contribution in [3.05, 3.63) is 16.4 Å². The summed E-state index contributed by atoms with van der Waals surface area (Å²) in [5.74, 6) is 0. The number of nitriles is 1. The molecule has 0 N–H and O–H groups in total. The van der Waals surface area contributed by atoms with Crippen molar-refractivity contribution in [2.24, 2.45) is 0 Å². The zero-order valence-electron chi connectivity index (χ0n) is 5.84. The highest BCUT2D eigenvalue weighted by Crippen LogP contribution is 2.23. The summed E-state index contributed by atoms with van der Waals surface area (Å²) in [6.45, 7) is 0.900. The highest BCUT2D eigenvalue weighted by atomic mass is 35.5. The third kappa shape index (κ3) is 0.831. The fourth-order valence-electron chi connectivity index (χ4n) is 1.41. The topological polar surface area (TPSA) is 41.6 Å². The second-order valence-corrected chi connectivity index (χ2v) is 2.91.